The zero-order valence-electron chi connectivity index (χ0n) is 10.8. The third-order valence-corrected chi connectivity index (χ3v) is 4.17. The van der Waals surface area contributed by atoms with Gasteiger partial charge in [-0.1, -0.05) is 12.1 Å². The number of halogens is 1. The predicted octanol–water partition coefficient (Wildman–Crippen LogP) is 1.09. The molecule has 1 N–H and O–H groups in total. The van der Waals surface area contributed by atoms with E-state index in [1.165, 1.54) is 5.56 Å². The highest BCUT2D eigenvalue weighted by Crippen LogP contribution is 2.27. The van der Waals surface area contributed by atoms with E-state index in [1.807, 2.05) is 12.1 Å². The fourth-order valence-corrected chi connectivity index (χ4v) is 3.09. The lowest BCUT2D eigenvalue weighted by Crippen LogP contribution is -2.61. The molecule has 4 heteroatoms. The van der Waals surface area contributed by atoms with E-state index in [0.29, 0.717) is 12.1 Å². The van der Waals surface area contributed by atoms with E-state index in [1.54, 1.807) is 12.1 Å². The van der Waals surface area contributed by atoms with Crippen LogP contribution in [0.2, 0.25) is 0 Å². The van der Waals surface area contributed by atoms with Crippen LogP contribution < -0.4 is 5.32 Å². The fourth-order valence-electron chi connectivity index (χ4n) is 3.09. The Hall–Kier alpha value is -0.970. The summed E-state index contributed by atoms with van der Waals surface area (Å²) >= 11 is 0. The van der Waals surface area contributed by atoms with Gasteiger partial charge in [-0.15, -0.1) is 0 Å². The number of hydrogen-bond donors (Lipinski definition) is 1. The van der Waals surface area contributed by atoms with Crippen LogP contribution in [0.3, 0.4) is 0 Å². The molecule has 2 aliphatic rings. The lowest BCUT2D eigenvalue weighted by molar-refractivity contribution is 0.0300. The minimum atomic E-state index is -0.155. The van der Waals surface area contributed by atoms with Gasteiger partial charge in [0.2, 0.25) is 0 Å². The second-order valence-corrected chi connectivity index (χ2v) is 5.36. The van der Waals surface area contributed by atoms with Crippen molar-refractivity contribution >= 4 is 0 Å². The van der Waals surface area contributed by atoms with Crippen LogP contribution in [0.5, 0.6) is 0 Å². The Morgan fingerprint density at radius 2 is 2.00 bits per heavy atom. The Morgan fingerprint density at radius 1 is 1.22 bits per heavy atom. The molecule has 2 fully saturated rings. The number of likely N-dealkylation sites (N-methyl/N-ethyl adjacent to an activating group) is 1. The number of benzene rings is 1. The Bertz CT molecular complexity index is 406. The number of nitrogens with one attached hydrogen (secondary N) is 1. The second kappa shape index (κ2) is 4.96. The molecule has 0 saturated carbocycles. The molecular formula is C14H20FN3. The van der Waals surface area contributed by atoms with E-state index in [-0.39, 0.29) is 5.82 Å². The van der Waals surface area contributed by atoms with Gasteiger partial charge in [0.25, 0.3) is 0 Å². The van der Waals surface area contributed by atoms with E-state index in [4.69, 9.17) is 0 Å². The van der Waals surface area contributed by atoms with E-state index in [2.05, 4.69) is 22.2 Å². The van der Waals surface area contributed by atoms with Crippen molar-refractivity contribution in [2.45, 2.75) is 12.1 Å². The quantitative estimate of drug-likeness (QED) is 0.803. The van der Waals surface area contributed by atoms with Crippen molar-refractivity contribution in [1.29, 1.82) is 0 Å². The van der Waals surface area contributed by atoms with Crippen LogP contribution in [0.25, 0.3) is 0 Å². The largest absolute Gasteiger partial charge is 0.314 e. The molecule has 1 aromatic carbocycles. The molecule has 2 saturated heterocycles. The van der Waals surface area contributed by atoms with Crippen LogP contribution in [-0.2, 0) is 0 Å². The molecule has 2 heterocycles. The molecule has 0 amide bonds. The zero-order valence-corrected chi connectivity index (χ0v) is 10.8. The van der Waals surface area contributed by atoms with Crippen LogP contribution in [0, 0.1) is 5.82 Å². The molecule has 3 rings (SSSR count). The van der Waals surface area contributed by atoms with Crippen LogP contribution in [-0.4, -0.2) is 55.6 Å². The van der Waals surface area contributed by atoms with Crippen LogP contribution >= 0.6 is 0 Å². The third kappa shape index (κ3) is 2.28. The van der Waals surface area contributed by atoms with E-state index < -0.39 is 0 Å². The highest BCUT2D eigenvalue weighted by Gasteiger charge is 2.33. The molecule has 0 spiro atoms. The zero-order chi connectivity index (χ0) is 12.5. The molecule has 2 atom stereocenters. The summed E-state index contributed by atoms with van der Waals surface area (Å²) in [6, 6.07) is 7.97. The van der Waals surface area contributed by atoms with Gasteiger partial charge in [0.05, 0.1) is 0 Å². The van der Waals surface area contributed by atoms with Gasteiger partial charge < -0.3 is 5.32 Å². The summed E-state index contributed by atoms with van der Waals surface area (Å²) in [4.78, 5) is 4.95. The minimum absolute atomic E-state index is 0.155. The smallest absolute Gasteiger partial charge is 0.123 e. The molecule has 2 aliphatic heterocycles. The molecule has 0 bridgehead atoms. The predicted molar refractivity (Wildman–Crippen MR) is 70.0 cm³/mol. The SMILES string of the molecule is CN1CC2CNCCN2CC1c1ccc(F)cc1. The van der Waals surface area contributed by atoms with Crippen molar-refractivity contribution in [3.05, 3.63) is 35.6 Å². The summed E-state index contributed by atoms with van der Waals surface area (Å²) in [5, 5.41) is 3.45. The summed E-state index contributed by atoms with van der Waals surface area (Å²) in [6.45, 7) is 5.41. The first kappa shape index (κ1) is 12.1. The first-order chi connectivity index (χ1) is 8.74. The van der Waals surface area contributed by atoms with E-state index >= 15 is 0 Å². The molecule has 1 aromatic rings. The van der Waals surface area contributed by atoms with Crippen LogP contribution in [0.15, 0.2) is 24.3 Å². The van der Waals surface area contributed by atoms with E-state index in [9.17, 15) is 4.39 Å². The molecule has 2 unspecified atom stereocenters. The number of nitrogens with zero attached hydrogens (tertiary/aromatic N) is 2. The topological polar surface area (TPSA) is 18.5 Å². The van der Waals surface area contributed by atoms with Gasteiger partial charge in [-0.3, -0.25) is 9.80 Å². The summed E-state index contributed by atoms with van der Waals surface area (Å²) in [5.41, 5.74) is 1.22. The fraction of sp³-hybridized carbons (Fsp3) is 0.571. The van der Waals surface area contributed by atoms with Crippen molar-refractivity contribution in [3.8, 4) is 0 Å². The Kier molecular flexibility index (Phi) is 3.33. The van der Waals surface area contributed by atoms with Crippen molar-refractivity contribution in [1.82, 2.24) is 15.1 Å². The van der Waals surface area contributed by atoms with Crippen molar-refractivity contribution in [2.24, 2.45) is 0 Å². The summed E-state index contributed by atoms with van der Waals surface area (Å²) in [6.07, 6.45) is 0. The number of fused-ring (bicyclic) bond motifs is 1. The Morgan fingerprint density at radius 3 is 2.78 bits per heavy atom. The Balaban J connectivity index is 1.77. The lowest BCUT2D eigenvalue weighted by atomic mass is 9.99. The molecule has 18 heavy (non-hydrogen) atoms. The van der Waals surface area contributed by atoms with Crippen LogP contribution in [0.4, 0.5) is 4.39 Å². The van der Waals surface area contributed by atoms with Gasteiger partial charge in [0, 0.05) is 44.8 Å². The molecule has 3 nitrogen and oxygen atoms in total. The first-order valence-electron chi connectivity index (χ1n) is 6.64. The van der Waals surface area contributed by atoms with Gasteiger partial charge in [0.1, 0.15) is 5.82 Å². The van der Waals surface area contributed by atoms with Gasteiger partial charge in [-0.2, -0.15) is 0 Å². The van der Waals surface area contributed by atoms with Gasteiger partial charge >= 0.3 is 0 Å². The standard InChI is InChI=1S/C14H20FN3/c1-17-9-13-8-16-6-7-18(13)10-14(17)11-2-4-12(15)5-3-11/h2-5,13-14,16H,6-10H2,1H3. The highest BCUT2D eigenvalue weighted by molar-refractivity contribution is 5.21. The monoisotopic (exact) mass is 249 g/mol. The van der Waals surface area contributed by atoms with Gasteiger partial charge in [-0.25, -0.2) is 4.39 Å². The molecule has 0 radical (unpaired) electrons. The lowest BCUT2D eigenvalue weighted by Gasteiger charge is -2.47. The van der Waals surface area contributed by atoms with Gasteiger partial charge in [0.15, 0.2) is 0 Å². The molecular weight excluding hydrogens is 229 g/mol. The second-order valence-electron chi connectivity index (χ2n) is 5.36. The summed E-state index contributed by atoms with van der Waals surface area (Å²) < 4.78 is 13.0. The highest BCUT2D eigenvalue weighted by atomic mass is 19.1. The van der Waals surface area contributed by atoms with Gasteiger partial charge in [-0.05, 0) is 24.7 Å². The van der Waals surface area contributed by atoms with Crippen molar-refractivity contribution < 1.29 is 4.39 Å². The molecule has 0 aliphatic carbocycles. The maximum Gasteiger partial charge on any atom is 0.123 e. The van der Waals surface area contributed by atoms with Crippen molar-refractivity contribution in [3.63, 3.8) is 0 Å². The summed E-state index contributed by atoms with van der Waals surface area (Å²) in [5.74, 6) is -0.155. The summed E-state index contributed by atoms with van der Waals surface area (Å²) in [7, 11) is 2.17. The molecule has 98 valence electrons. The average Bonchev–Trinajstić information content (AvgIpc) is 2.39. The minimum Gasteiger partial charge on any atom is -0.314 e. The van der Waals surface area contributed by atoms with Crippen LogP contribution in [0.1, 0.15) is 11.6 Å². The Labute approximate surface area is 108 Å². The number of hydrogen-bond acceptors (Lipinski definition) is 3. The molecule has 0 aromatic heterocycles. The third-order valence-electron chi connectivity index (χ3n) is 4.17. The van der Waals surface area contributed by atoms with Crippen molar-refractivity contribution in [2.75, 3.05) is 39.8 Å². The van der Waals surface area contributed by atoms with E-state index in [0.717, 1.165) is 32.7 Å². The average molecular weight is 249 g/mol. The first-order valence-corrected chi connectivity index (χ1v) is 6.64. The normalized spacial score (nSPS) is 30.1. The number of piperazine rings is 2. The number of rotatable bonds is 1. The maximum atomic E-state index is 13.0. The maximum absolute atomic E-state index is 13.0.